The molecule has 1 aliphatic heterocycles. The number of carbonyl (C=O) groups is 2. The summed E-state index contributed by atoms with van der Waals surface area (Å²) < 4.78 is 0. The first-order valence-corrected chi connectivity index (χ1v) is 8.70. The molecule has 0 aromatic carbocycles. The molecule has 0 saturated carbocycles. The van der Waals surface area contributed by atoms with Crippen LogP contribution in [-0.4, -0.2) is 40.8 Å². The van der Waals surface area contributed by atoms with E-state index in [9.17, 15) is 9.59 Å². The van der Waals surface area contributed by atoms with E-state index < -0.39 is 0 Å². The first-order chi connectivity index (χ1) is 10.6. The highest BCUT2D eigenvalue weighted by atomic mass is 32.1. The van der Waals surface area contributed by atoms with Gasteiger partial charge in [-0.1, -0.05) is 6.07 Å². The smallest absolute Gasteiger partial charge is 0.267 e. The number of hydrogen-bond acceptors (Lipinski definition) is 6. The van der Waals surface area contributed by atoms with E-state index in [2.05, 4.69) is 10.3 Å². The molecule has 1 aliphatic rings. The van der Waals surface area contributed by atoms with Crippen LogP contribution in [0.3, 0.4) is 0 Å². The molecule has 0 unspecified atom stereocenters. The van der Waals surface area contributed by atoms with Gasteiger partial charge in [-0.3, -0.25) is 14.9 Å². The fourth-order valence-corrected chi connectivity index (χ4v) is 3.62. The van der Waals surface area contributed by atoms with Gasteiger partial charge in [-0.2, -0.15) is 0 Å². The summed E-state index contributed by atoms with van der Waals surface area (Å²) in [6.45, 7) is 1.33. The van der Waals surface area contributed by atoms with E-state index in [1.54, 1.807) is 16.3 Å². The molecule has 8 heteroatoms. The van der Waals surface area contributed by atoms with Crippen LogP contribution < -0.4 is 11.1 Å². The van der Waals surface area contributed by atoms with Gasteiger partial charge >= 0.3 is 0 Å². The van der Waals surface area contributed by atoms with Crippen LogP contribution in [0.4, 0.5) is 5.13 Å². The minimum absolute atomic E-state index is 0.0365. The molecule has 2 aromatic rings. The number of thiazole rings is 1. The molecule has 0 aliphatic carbocycles. The Morgan fingerprint density at radius 1 is 1.45 bits per heavy atom. The summed E-state index contributed by atoms with van der Waals surface area (Å²) in [4.78, 5) is 30.8. The van der Waals surface area contributed by atoms with Crippen molar-refractivity contribution in [1.82, 2.24) is 9.88 Å². The molecule has 2 amide bonds. The molecule has 2 aromatic heterocycles. The third kappa shape index (κ3) is 3.52. The van der Waals surface area contributed by atoms with Gasteiger partial charge in [0, 0.05) is 24.5 Å². The van der Waals surface area contributed by atoms with E-state index in [1.165, 1.54) is 22.7 Å². The molecular formula is C14H16N4O2S2. The molecule has 0 bridgehead atoms. The topological polar surface area (TPSA) is 88.3 Å². The summed E-state index contributed by atoms with van der Waals surface area (Å²) >= 11 is 2.70. The van der Waals surface area contributed by atoms with Gasteiger partial charge in [0.2, 0.25) is 5.91 Å². The summed E-state index contributed by atoms with van der Waals surface area (Å²) in [7, 11) is 0. The molecule has 6 nitrogen and oxygen atoms in total. The summed E-state index contributed by atoms with van der Waals surface area (Å²) in [5, 5.41) is 6.91. The Morgan fingerprint density at radius 2 is 2.32 bits per heavy atom. The van der Waals surface area contributed by atoms with Crippen molar-refractivity contribution in [3.05, 3.63) is 33.5 Å². The molecule has 0 spiro atoms. The standard InChI is InChI=1S/C14H16N4O2S2/c15-9-3-4-18(7-9)12(19)6-10-8-22-14(16-10)17-13(20)11-2-1-5-21-11/h1-2,5,8-9H,3-4,6-7,15H2,(H,16,17,20)/t9-/m1/s1. The molecule has 0 radical (unpaired) electrons. The predicted octanol–water partition coefficient (Wildman–Crippen LogP) is 1.56. The third-order valence-corrected chi connectivity index (χ3v) is 5.10. The van der Waals surface area contributed by atoms with E-state index in [0.717, 1.165) is 6.42 Å². The number of carbonyl (C=O) groups excluding carboxylic acids is 2. The van der Waals surface area contributed by atoms with Gasteiger partial charge in [-0.25, -0.2) is 4.98 Å². The predicted molar refractivity (Wildman–Crippen MR) is 87.3 cm³/mol. The summed E-state index contributed by atoms with van der Waals surface area (Å²) in [5.41, 5.74) is 6.49. The Hall–Kier alpha value is -1.77. The Kier molecular flexibility index (Phi) is 4.51. The van der Waals surface area contributed by atoms with Crippen LogP contribution in [0.25, 0.3) is 0 Å². The number of rotatable bonds is 4. The van der Waals surface area contributed by atoms with E-state index in [1.807, 2.05) is 11.4 Å². The van der Waals surface area contributed by atoms with Crippen LogP contribution in [0.5, 0.6) is 0 Å². The quantitative estimate of drug-likeness (QED) is 0.887. The van der Waals surface area contributed by atoms with Crippen LogP contribution >= 0.6 is 22.7 Å². The zero-order chi connectivity index (χ0) is 15.5. The van der Waals surface area contributed by atoms with Gasteiger partial charge in [0.05, 0.1) is 17.0 Å². The van der Waals surface area contributed by atoms with Gasteiger partial charge in [0.15, 0.2) is 5.13 Å². The minimum atomic E-state index is -0.173. The van der Waals surface area contributed by atoms with Crippen molar-refractivity contribution in [1.29, 1.82) is 0 Å². The molecule has 1 saturated heterocycles. The second kappa shape index (κ2) is 6.55. The third-order valence-electron chi connectivity index (χ3n) is 3.43. The van der Waals surface area contributed by atoms with Crippen molar-refractivity contribution < 1.29 is 9.59 Å². The number of hydrogen-bond donors (Lipinski definition) is 2. The first kappa shape index (κ1) is 15.1. The molecule has 22 heavy (non-hydrogen) atoms. The lowest BCUT2D eigenvalue weighted by Gasteiger charge is -2.14. The molecule has 1 atom stereocenters. The van der Waals surface area contributed by atoms with Crippen LogP contribution in [0.15, 0.2) is 22.9 Å². The number of nitrogens with zero attached hydrogens (tertiary/aromatic N) is 2. The highest BCUT2D eigenvalue weighted by Crippen LogP contribution is 2.19. The van der Waals surface area contributed by atoms with Crippen molar-refractivity contribution >= 4 is 39.6 Å². The lowest BCUT2D eigenvalue weighted by molar-refractivity contribution is -0.129. The Balaban J connectivity index is 1.57. The maximum absolute atomic E-state index is 12.1. The SMILES string of the molecule is N[C@@H]1CCN(C(=O)Cc2csc(NC(=O)c3cccs3)n2)C1. The highest BCUT2D eigenvalue weighted by Gasteiger charge is 2.24. The average molecular weight is 336 g/mol. The number of likely N-dealkylation sites (tertiary alicyclic amines) is 1. The Labute approximate surface area is 136 Å². The molecule has 1 fully saturated rings. The van der Waals surface area contributed by atoms with Crippen molar-refractivity contribution in [2.24, 2.45) is 5.73 Å². The normalized spacial score (nSPS) is 17.7. The molecular weight excluding hydrogens is 320 g/mol. The second-order valence-corrected chi connectivity index (χ2v) is 6.95. The maximum atomic E-state index is 12.1. The highest BCUT2D eigenvalue weighted by molar-refractivity contribution is 7.14. The zero-order valence-corrected chi connectivity index (χ0v) is 13.5. The van der Waals surface area contributed by atoms with Gasteiger partial charge in [-0.15, -0.1) is 22.7 Å². The van der Waals surface area contributed by atoms with Crippen LogP contribution in [-0.2, 0) is 11.2 Å². The lowest BCUT2D eigenvalue weighted by Crippen LogP contribution is -2.33. The summed E-state index contributed by atoms with van der Waals surface area (Å²) in [6.07, 6.45) is 1.10. The minimum Gasteiger partial charge on any atom is -0.341 e. The maximum Gasteiger partial charge on any atom is 0.267 e. The summed E-state index contributed by atoms with van der Waals surface area (Å²) in [5.74, 6) is -0.137. The zero-order valence-electron chi connectivity index (χ0n) is 11.8. The van der Waals surface area contributed by atoms with E-state index in [4.69, 9.17) is 5.73 Å². The van der Waals surface area contributed by atoms with E-state index >= 15 is 0 Å². The fourth-order valence-electron chi connectivity index (χ4n) is 2.29. The molecule has 3 heterocycles. The number of anilines is 1. The number of aromatic nitrogens is 1. The number of nitrogens with two attached hydrogens (primary N) is 1. The van der Waals surface area contributed by atoms with Crippen molar-refractivity contribution in [2.45, 2.75) is 18.9 Å². The monoisotopic (exact) mass is 336 g/mol. The van der Waals surface area contributed by atoms with E-state index in [-0.39, 0.29) is 24.3 Å². The van der Waals surface area contributed by atoms with Crippen molar-refractivity contribution in [3.63, 3.8) is 0 Å². The number of nitrogens with one attached hydrogen (secondary N) is 1. The van der Waals surface area contributed by atoms with Crippen LogP contribution in [0, 0.1) is 0 Å². The van der Waals surface area contributed by atoms with Gasteiger partial charge in [0.1, 0.15) is 0 Å². The Bertz CT molecular complexity index is 668. The Morgan fingerprint density at radius 3 is 3.00 bits per heavy atom. The number of thiophene rings is 1. The van der Waals surface area contributed by atoms with Gasteiger partial charge < -0.3 is 10.6 Å². The number of amides is 2. The largest absolute Gasteiger partial charge is 0.341 e. The van der Waals surface area contributed by atoms with Gasteiger partial charge in [-0.05, 0) is 17.9 Å². The van der Waals surface area contributed by atoms with Crippen molar-refractivity contribution in [3.8, 4) is 0 Å². The molecule has 3 N–H and O–H groups in total. The average Bonchev–Trinajstić information content (AvgIpc) is 3.20. The van der Waals surface area contributed by atoms with Crippen LogP contribution in [0.1, 0.15) is 21.8 Å². The second-order valence-electron chi connectivity index (χ2n) is 5.14. The fraction of sp³-hybridized carbons (Fsp3) is 0.357. The first-order valence-electron chi connectivity index (χ1n) is 6.94. The lowest BCUT2D eigenvalue weighted by atomic mass is 10.3. The molecule has 116 valence electrons. The molecule has 3 rings (SSSR count). The van der Waals surface area contributed by atoms with E-state index in [0.29, 0.717) is 28.8 Å². The van der Waals surface area contributed by atoms with Crippen molar-refractivity contribution in [2.75, 3.05) is 18.4 Å². The van der Waals surface area contributed by atoms with Gasteiger partial charge in [0.25, 0.3) is 5.91 Å². The summed E-state index contributed by atoms with van der Waals surface area (Å²) in [6, 6.07) is 3.67. The van der Waals surface area contributed by atoms with Crippen LogP contribution in [0.2, 0.25) is 0 Å².